The van der Waals surface area contributed by atoms with Gasteiger partial charge in [0.15, 0.2) is 5.11 Å². The lowest BCUT2D eigenvalue weighted by molar-refractivity contribution is 0.623. The van der Waals surface area contributed by atoms with Gasteiger partial charge in [0.05, 0.1) is 6.04 Å². The molecule has 0 saturated heterocycles. The Morgan fingerprint density at radius 1 is 1.08 bits per heavy atom. The summed E-state index contributed by atoms with van der Waals surface area (Å²) in [5, 5.41) is 8.03. The third kappa shape index (κ3) is 4.28. The molecule has 0 aromatic heterocycles. The van der Waals surface area contributed by atoms with E-state index >= 15 is 0 Å². The highest BCUT2D eigenvalue weighted by Crippen LogP contribution is 2.26. The summed E-state index contributed by atoms with van der Waals surface area (Å²) in [5.41, 5.74) is 5.29. The van der Waals surface area contributed by atoms with E-state index in [9.17, 15) is 0 Å². The van der Waals surface area contributed by atoms with Gasteiger partial charge in [-0.2, -0.15) is 0 Å². The lowest BCUT2D eigenvalue weighted by Gasteiger charge is -2.23. The summed E-state index contributed by atoms with van der Waals surface area (Å²) in [6.45, 7) is 2.18. The lowest BCUT2D eigenvalue weighted by Crippen LogP contribution is -2.32. The maximum atomic E-state index is 5.92. The number of benzene rings is 2. The zero-order valence-electron chi connectivity index (χ0n) is 13.9. The monoisotopic (exact) mass is 358 g/mol. The van der Waals surface area contributed by atoms with Crippen LogP contribution in [0.1, 0.15) is 48.9 Å². The molecule has 2 nitrogen and oxygen atoms in total. The first kappa shape index (κ1) is 17.2. The maximum absolute atomic E-state index is 5.92. The zero-order chi connectivity index (χ0) is 16.9. The molecule has 1 aliphatic rings. The van der Waals surface area contributed by atoms with Crippen molar-refractivity contribution in [3.63, 3.8) is 0 Å². The molecule has 0 saturated carbocycles. The van der Waals surface area contributed by atoms with Crippen LogP contribution in [0, 0.1) is 0 Å². The van der Waals surface area contributed by atoms with Crippen molar-refractivity contribution in [2.75, 3.05) is 5.32 Å². The van der Waals surface area contributed by atoms with Gasteiger partial charge in [-0.15, -0.1) is 0 Å². The molecule has 0 spiro atoms. The van der Waals surface area contributed by atoms with Crippen molar-refractivity contribution in [1.82, 2.24) is 5.32 Å². The molecule has 1 atom stereocenters. The van der Waals surface area contributed by atoms with Gasteiger partial charge in [-0.1, -0.05) is 36.7 Å². The predicted molar refractivity (Wildman–Crippen MR) is 107 cm³/mol. The Hall–Kier alpha value is -1.58. The van der Waals surface area contributed by atoms with E-state index in [1.54, 1.807) is 0 Å². The molecule has 3 rings (SSSR count). The number of fused-ring (bicyclic) bond motifs is 1. The molecule has 0 bridgehead atoms. The summed E-state index contributed by atoms with van der Waals surface area (Å²) in [5.74, 6) is 0. The van der Waals surface area contributed by atoms with E-state index in [0.717, 1.165) is 17.1 Å². The summed E-state index contributed by atoms with van der Waals surface area (Å²) >= 11 is 11.4. The van der Waals surface area contributed by atoms with Gasteiger partial charge in [0, 0.05) is 10.7 Å². The van der Waals surface area contributed by atoms with Crippen molar-refractivity contribution in [1.29, 1.82) is 0 Å². The second kappa shape index (κ2) is 8.00. The SMILES string of the molecule is CC[C@@H](NC(=S)Nc1ccc(Cl)cc1)c1ccc2c(c1)CCCC2. The van der Waals surface area contributed by atoms with Crippen LogP contribution in [0.25, 0.3) is 0 Å². The topological polar surface area (TPSA) is 24.1 Å². The van der Waals surface area contributed by atoms with Crippen LogP contribution in [0.15, 0.2) is 42.5 Å². The third-order valence-corrected chi connectivity index (χ3v) is 5.06. The minimum absolute atomic E-state index is 0.226. The first-order chi connectivity index (χ1) is 11.7. The van der Waals surface area contributed by atoms with E-state index in [1.807, 2.05) is 24.3 Å². The lowest BCUT2D eigenvalue weighted by atomic mass is 9.89. The van der Waals surface area contributed by atoms with E-state index < -0.39 is 0 Å². The highest BCUT2D eigenvalue weighted by atomic mass is 35.5. The van der Waals surface area contributed by atoms with Gasteiger partial charge in [0.1, 0.15) is 0 Å². The average Bonchev–Trinajstić information content (AvgIpc) is 2.61. The molecule has 0 radical (unpaired) electrons. The smallest absolute Gasteiger partial charge is 0.171 e. The fourth-order valence-electron chi connectivity index (χ4n) is 3.25. The number of aryl methyl sites for hydroxylation is 2. The fraction of sp³-hybridized carbons (Fsp3) is 0.350. The van der Waals surface area contributed by atoms with Crippen LogP contribution in [0.2, 0.25) is 5.02 Å². The van der Waals surface area contributed by atoms with Crippen molar-refractivity contribution in [3.8, 4) is 0 Å². The molecule has 0 aliphatic heterocycles. The van der Waals surface area contributed by atoms with Crippen molar-refractivity contribution in [3.05, 3.63) is 64.2 Å². The van der Waals surface area contributed by atoms with Gasteiger partial charge in [-0.25, -0.2) is 0 Å². The van der Waals surface area contributed by atoms with E-state index in [1.165, 1.54) is 42.4 Å². The Morgan fingerprint density at radius 2 is 1.79 bits per heavy atom. The van der Waals surface area contributed by atoms with Crippen LogP contribution in [0.3, 0.4) is 0 Å². The van der Waals surface area contributed by atoms with Crippen LogP contribution >= 0.6 is 23.8 Å². The molecule has 2 aromatic carbocycles. The number of halogens is 1. The summed E-state index contributed by atoms with van der Waals surface area (Å²) in [4.78, 5) is 0. The van der Waals surface area contributed by atoms with Gasteiger partial charge in [-0.3, -0.25) is 0 Å². The first-order valence-corrected chi connectivity index (χ1v) is 9.39. The fourth-order valence-corrected chi connectivity index (χ4v) is 3.64. The number of anilines is 1. The van der Waals surface area contributed by atoms with E-state index in [-0.39, 0.29) is 6.04 Å². The van der Waals surface area contributed by atoms with Crippen LogP contribution < -0.4 is 10.6 Å². The van der Waals surface area contributed by atoms with Crippen LogP contribution in [-0.4, -0.2) is 5.11 Å². The second-order valence-electron chi connectivity index (χ2n) is 6.30. The maximum Gasteiger partial charge on any atom is 0.171 e. The van der Waals surface area contributed by atoms with Gasteiger partial charge in [-0.05, 0) is 85.3 Å². The standard InChI is InChI=1S/C20H23ClN2S/c1-2-19(16-8-7-14-5-3-4-6-15(14)13-16)23-20(24)22-18-11-9-17(21)10-12-18/h7-13,19H,2-6H2,1H3,(H2,22,23,24)/t19-/m1/s1. The van der Waals surface area contributed by atoms with Crippen LogP contribution in [0.5, 0.6) is 0 Å². The summed E-state index contributed by atoms with van der Waals surface area (Å²) in [7, 11) is 0. The number of rotatable bonds is 4. The molecule has 1 aliphatic carbocycles. The highest BCUT2D eigenvalue weighted by molar-refractivity contribution is 7.80. The van der Waals surface area contributed by atoms with Crippen LogP contribution in [0.4, 0.5) is 5.69 Å². The summed E-state index contributed by atoms with van der Waals surface area (Å²) in [6, 6.07) is 14.7. The van der Waals surface area contributed by atoms with E-state index in [4.69, 9.17) is 23.8 Å². The van der Waals surface area contributed by atoms with Gasteiger partial charge in [0.2, 0.25) is 0 Å². The molecule has 0 fully saturated rings. The molecule has 0 amide bonds. The second-order valence-corrected chi connectivity index (χ2v) is 7.15. The minimum atomic E-state index is 0.226. The molecule has 4 heteroatoms. The number of thiocarbonyl (C=S) groups is 1. The molecule has 126 valence electrons. The van der Waals surface area contributed by atoms with Crippen molar-refractivity contribution in [2.24, 2.45) is 0 Å². The van der Waals surface area contributed by atoms with Gasteiger partial charge >= 0.3 is 0 Å². The van der Waals surface area contributed by atoms with Crippen molar-refractivity contribution in [2.45, 2.75) is 45.1 Å². The van der Waals surface area contributed by atoms with E-state index in [0.29, 0.717) is 5.11 Å². The summed E-state index contributed by atoms with van der Waals surface area (Å²) in [6.07, 6.45) is 6.03. The van der Waals surface area contributed by atoms with Crippen molar-refractivity contribution < 1.29 is 0 Å². The molecule has 2 aromatic rings. The van der Waals surface area contributed by atoms with Crippen molar-refractivity contribution >= 4 is 34.6 Å². The number of hydrogen-bond donors (Lipinski definition) is 2. The molecular weight excluding hydrogens is 336 g/mol. The van der Waals surface area contributed by atoms with Gasteiger partial charge < -0.3 is 10.6 Å². The zero-order valence-corrected chi connectivity index (χ0v) is 15.5. The molecule has 24 heavy (non-hydrogen) atoms. The predicted octanol–water partition coefficient (Wildman–Crippen LogP) is 5.66. The largest absolute Gasteiger partial charge is 0.356 e. The normalized spacial score (nSPS) is 14.6. The Kier molecular flexibility index (Phi) is 5.75. The number of hydrogen-bond acceptors (Lipinski definition) is 1. The Bertz CT molecular complexity index is 712. The molecule has 2 N–H and O–H groups in total. The number of nitrogens with one attached hydrogen (secondary N) is 2. The minimum Gasteiger partial charge on any atom is -0.356 e. The molecule has 0 unspecified atom stereocenters. The molecule has 0 heterocycles. The Morgan fingerprint density at radius 3 is 2.50 bits per heavy atom. The van der Waals surface area contributed by atoms with Crippen LogP contribution in [-0.2, 0) is 12.8 Å². The highest BCUT2D eigenvalue weighted by Gasteiger charge is 2.15. The Balaban J connectivity index is 1.67. The van der Waals surface area contributed by atoms with E-state index in [2.05, 4.69) is 35.8 Å². The molecular formula is C20H23ClN2S. The van der Waals surface area contributed by atoms with Gasteiger partial charge in [0.25, 0.3) is 0 Å². The summed E-state index contributed by atoms with van der Waals surface area (Å²) < 4.78 is 0. The quantitative estimate of drug-likeness (QED) is 0.690. The average molecular weight is 359 g/mol. The first-order valence-electron chi connectivity index (χ1n) is 8.60. The Labute approximate surface area is 154 Å². The third-order valence-electron chi connectivity index (χ3n) is 4.59.